The van der Waals surface area contributed by atoms with Gasteiger partial charge in [0, 0.05) is 18.2 Å². The van der Waals surface area contributed by atoms with Gasteiger partial charge in [-0.05, 0) is 57.9 Å². The van der Waals surface area contributed by atoms with Gasteiger partial charge < -0.3 is 10.6 Å². The van der Waals surface area contributed by atoms with E-state index in [2.05, 4.69) is 25.8 Å². The van der Waals surface area contributed by atoms with Gasteiger partial charge in [-0.1, -0.05) is 41.1 Å². The van der Waals surface area contributed by atoms with Crippen molar-refractivity contribution in [2.45, 2.75) is 51.9 Å². The summed E-state index contributed by atoms with van der Waals surface area (Å²) in [5.74, 6) is -0.454. The second-order valence-corrected chi connectivity index (χ2v) is 9.39. The number of nitrogens with one attached hydrogen (secondary N) is 3. The Labute approximate surface area is 196 Å². The van der Waals surface area contributed by atoms with Crippen molar-refractivity contribution in [2.24, 2.45) is 0 Å². The Morgan fingerprint density at radius 1 is 0.970 bits per heavy atom. The van der Waals surface area contributed by atoms with E-state index in [0.717, 1.165) is 39.7 Å². The largest absolute Gasteiger partial charge is 0.325 e. The van der Waals surface area contributed by atoms with E-state index in [9.17, 15) is 14.4 Å². The first-order valence-electron chi connectivity index (χ1n) is 10.5. The van der Waals surface area contributed by atoms with Gasteiger partial charge in [0.15, 0.2) is 10.9 Å². The molecule has 0 aliphatic carbocycles. The summed E-state index contributed by atoms with van der Waals surface area (Å²) < 4.78 is 0. The van der Waals surface area contributed by atoms with Crippen molar-refractivity contribution in [1.82, 2.24) is 15.2 Å². The van der Waals surface area contributed by atoms with Gasteiger partial charge >= 0.3 is 0 Å². The molecule has 0 aliphatic rings. The minimum Gasteiger partial charge on any atom is -0.325 e. The van der Waals surface area contributed by atoms with Crippen LogP contribution in [0.5, 0.6) is 0 Å². The minimum absolute atomic E-state index is 0.0993. The fourth-order valence-corrected chi connectivity index (χ4v) is 4.20. The summed E-state index contributed by atoms with van der Waals surface area (Å²) in [6.45, 7) is 10.8. The number of rotatable bonds is 6. The van der Waals surface area contributed by atoms with Crippen LogP contribution < -0.4 is 16.2 Å². The first-order chi connectivity index (χ1) is 15.5. The number of hydrogen-bond acceptors (Lipinski definition) is 6. The zero-order chi connectivity index (χ0) is 24.3. The van der Waals surface area contributed by atoms with Crippen molar-refractivity contribution in [1.29, 1.82) is 0 Å². The molecule has 0 radical (unpaired) electrons. The van der Waals surface area contributed by atoms with Crippen LogP contribution in [0, 0.1) is 27.7 Å². The lowest BCUT2D eigenvalue weighted by Crippen LogP contribution is -2.24. The molecule has 0 aliphatic heterocycles. The van der Waals surface area contributed by atoms with Crippen LogP contribution in [0.1, 0.15) is 36.1 Å². The third-order valence-electron chi connectivity index (χ3n) is 5.01. The fourth-order valence-electron chi connectivity index (χ4n) is 3.46. The van der Waals surface area contributed by atoms with Gasteiger partial charge in [-0.15, -0.1) is 10.2 Å². The predicted octanol–water partition coefficient (Wildman–Crippen LogP) is 4.14. The number of hydrogen-bond donors (Lipinski definition) is 3. The lowest BCUT2D eigenvalue weighted by Gasteiger charge is -2.14. The number of carbonyl (C=O) groups excluding carboxylic acids is 2. The van der Waals surface area contributed by atoms with Crippen molar-refractivity contribution < 1.29 is 9.59 Å². The van der Waals surface area contributed by atoms with Gasteiger partial charge in [-0.25, -0.2) is 0 Å². The molecule has 0 saturated carbocycles. The van der Waals surface area contributed by atoms with E-state index in [1.807, 2.05) is 52.0 Å². The summed E-state index contributed by atoms with van der Waals surface area (Å²) in [6, 6.07) is 9.50. The van der Waals surface area contributed by atoms with Crippen molar-refractivity contribution in [3.8, 4) is 11.3 Å². The molecule has 3 rings (SSSR count). The highest BCUT2D eigenvalue weighted by atomic mass is 32.2. The Morgan fingerprint density at radius 3 is 2.30 bits per heavy atom. The topological polar surface area (TPSA) is 117 Å². The Morgan fingerprint density at radius 2 is 1.67 bits per heavy atom. The molecule has 9 heteroatoms. The van der Waals surface area contributed by atoms with Crippen molar-refractivity contribution >= 4 is 35.0 Å². The molecule has 1 aromatic heterocycles. The monoisotopic (exact) mass is 465 g/mol. The number of carbonyl (C=O) groups is 2. The van der Waals surface area contributed by atoms with E-state index < -0.39 is 10.8 Å². The summed E-state index contributed by atoms with van der Waals surface area (Å²) in [6.07, 6.45) is 0. The van der Waals surface area contributed by atoms with Crippen LogP contribution in [-0.2, 0) is 9.59 Å². The maximum absolute atomic E-state index is 12.8. The highest BCUT2D eigenvalue weighted by molar-refractivity contribution is 8.00. The Hall–Kier alpha value is -3.46. The highest BCUT2D eigenvalue weighted by Gasteiger charge is 2.20. The van der Waals surface area contributed by atoms with Crippen LogP contribution in [0.15, 0.2) is 40.3 Å². The molecule has 2 aromatic carbocycles. The van der Waals surface area contributed by atoms with Crippen molar-refractivity contribution in [3.63, 3.8) is 0 Å². The second-order valence-electron chi connectivity index (χ2n) is 8.06. The molecule has 0 fully saturated rings. The average Bonchev–Trinajstić information content (AvgIpc) is 2.72. The molecule has 3 N–H and O–H groups in total. The first kappa shape index (κ1) is 24.2. The van der Waals surface area contributed by atoms with Crippen molar-refractivity contribution in [2.75, 3.05) is 10.6 Å². The van der Waals surface area contributed by atoms with E-state index in [0.29, 0.717) is 11.3 Å². The molecule has 1 atom stereocenters. The Kier molecular flexibility index (Phi) is 7.33. The summed E-state index contributed by atoms with van der Waals surface area (Å²) in [5.41, 5.74) is 5.24. The van der Waals surface area contributed by atoms with Gasteiger partial charge in [-0.2, -0.15) is 0 Å². The summed E-state index contributed by atoms with van der Waals surface area (Å²) >= 11 is 1.11. The smallest absolute Gasteiger partial charge is 0.278 e. The van der Waals surface area contributed by atoms with Crippen LogP contribution in [0.3, 0.4) is 0 Å². The van der Waals surface area contributed by atoms with E-state index in [1.54, 1.807) is 13.0 Å². The lowest BCUT2D eigenvalue weighted by molar-refractivity contribution is -0.115. The number of nitrogens with zero attached hydrogens (tertiary/aromatic N) is 2. The summed E-state index contributed by atoms with van der Waals surface area (Å²) in [5, 5.41) is 13.6. The molecule has 1 unspecified atom stereocenters. The second kappa shape index (κ2) is 9.99. The Balaban J connectivity index is 1.82. The third-order valence-corrected chi connectivity index (χ3v) is 5.98. The van der Waals surface area contributed by atoms with Gasteiger partial charge in [0.25, 0.3) is 5.56 Å². The first-order valence-corrected chi connectivity index (χ1v) is 11.3. The average molecular weight is 466 g/mol. The van der Waals surface area contributed by atoms with Gasteiger partial charge in [-0.3, -0.25) is 19.4 Å². The van der Waals surface area contributed by atoms with Crippen LogP contribution in [0.4, 0.5) is 11.4 Å². The van der Waals surface area contributed by atoms with E-state index >= 15 is 0 Å². The zero-order valence-corrected chi connectivity index (χ0v) is 20.3. The summed E-state index contributed by atoms with van der Waals surface area (Å²) in [7, 11) is 0. The SMILES string of the molecule is CC(=O)Nc1c(C)cc(C)cc1-c1nnc(SC(C)C(=O)Nc2ccc(C)cc2C)[nH]c1=O. The van der Waals surface area contributed by atoms with Gasteiger partial charge in [0.2, 0.25) is 11.8 Å². The maximum atomic E-state index is 12.8. The zero-order valence-electron chi connectivity index (χ0n) is 19.5. The maximum Gasteiger partial charge on any atom is 0.278 e. The molecule has 33 heavy (non-hydrogen) atoms. The normalized spacial score (nSPS) is 11.7. The van der Waals surface area contributed by atoms with Crippen LogP contribution in [0.25, 0.3) is 11.3 Å². The van der Waals surface area contributed by atoms with E-state index in [1.165, 1.54) is 6.92 Å². The highest BCUT2D eigenvalue weighted by Crippen LogP contribution is 2.30. The number of aryl methyl sites for hydroxylation is 4. The molecule has 0 bridgehead atoms. The lowest BCUT2D eigenvalue weighted by atomic mass is 10.0. The molecule has 0 spiro atoms. The standard InChI is InChI=1S/C24H27N5O3S/c1-12-7-8-19(14(3)9-12)26-22(31)16(5)33-24-27-23(32)21(28-29-24)18-11-13(2)10-15(4)20(18)25-17(6)30/h7-11,16H,1-6H3,(H,25,30)(H,26,31)(H,27,29,32). The molecular formula is C24H27N5O3S. The third kappa shape index (κ3) is 5.87. The van der Waals surface area contributed by atoms with Gasteiger partial charge in [0.1, 0.15) is 0 Å². The molecule has 3 aromatic rings. The number of anilines is 2. The van der Waals surface area contributed by atoms with Gasteiger partial charge in [0.05, 0.1) is 10.9 Å². The number of amides is 2. The van der Waals surface area contributed by atoms with Crippen molar-refractivity contribution in [3.05, 3.63) is 62.9 Å². The Bertz CT molecular complexity index is 1290. The molecule has 1 heterocycles. The molecule has 8 nitrogen and oxygen atoms in total. The number of aromatic nitrogens is 3. The van der Waals surface area contributed by atoms with Crippen LogP contribution in [-0.4, -0.2) is 32.2 Å². The predicted molar refractivity (Wildman–Crippen MR) is 132 cm³/mol. The summed E-state index contributed by atoms with van der Waals surface area (Å²) in [4.78, 5) is 39.8. The molecular weight excluding hydrogens is 438 g/mol. The number of aromatic amines is 1. The quantitative estimate of drug-likeness (QED) is 0.471. The molecule has 2 amide bonds. The minimum atomic E-state index is -0.516. The molecule has 0 saturated heterocycles. The fraction of sp³-hybridized carbons (Fsp3) is 0.292. The van der Waals surface area contributed by atoms with Crippen LogP contribution >= 0.6 is 11.8 Å². The van der Waals surface area contributed by atoms with E-state index in [-0.39, 0.29) is 22.7 Å². The number of benzene rings is 2. The number of thioether (sulfide) groups is 1. The van der Waals surface area contributed by atoms with E-state index in [4.69, 9.17) is 0 Å². The number of H-pyrrole nitrogens is 1. The van der Waals surface area contributed by atoms with Crippen LogP contribution in [0.2, 0.25) is 0 Å². The molecule has 172 valence electrons.